The normalized spacial score (nSPS) is 8.83. The van der Waals surface area contributed by atoms with Gasteiger partial charge in [-0.25, -0.2) is 0 Å². The van der Waals surface area contributed by atoms with Crippen LogP contribution in [0, 0.1) is 0 Å². The Morgan fingerprint density at radius 3 is 2.50 bits per heavy atom. The van der Waals surface area contributed by atoms with Gasteiger partial charge in [0.15, 0.2) is 0 Å². The van der Waals surface area contributed by atoms with E-state index in [2.05, 4.69) is 21.6 Å². The molecular formula is C4H10AlN. The molecule has 0 aromatic heterocycles. The molecule has 0 aromatic carbocycles. The molecular weight excluding hydrogens is 89.0 g/mol. The van der Waals surface area contributed by atoms with Crippen LogP contribution in [0.25, 0.3) is 0 Å². The minimum atomic E-state index is 1.14. The van der Waals surface area contributed by atoms with Crippen LogP contribution >= 0.6 is 0 Å². The van der Waals surface area contributed by atoms with Gasteiger partial charge in [0.2, 0.25) is 0 Å². The molecule has 0 heterocycles. The Morgan fingerprint density at radius 2 is 2.33 bits per heavy atom. The van der Waals surface area contributed by atoms with E-state index >= 15 is 0 Å². The van der Waals surface area contributed by atoms with Crippen molar-refractivity contribution in [1.29, 1.82) is 0 Å². The second kappa shape index (κ2) is 5.49. The highest BCUT2D eigenvalue weighted by Gasteiger charge is 1.73. The highest BCUT2D eigenvalue weighted by atomic mass is 27.0. The largest absolute Gasteiger partial charge is 0.320 e. The lowest BCUT2D eigenvalue weighted by atomic mass is 10.5. The van der Waals surface area contributed by atoms with Crippen LogP contribution < -0.4 is 5.32 Å². The third-order valence-corrected chi connectivity index (χ3v) is 1.04. The second-order valence-corrected chi connectivity index (χ2v) is 1.82. The maximum atomic E-state index is 3.06. The van der Waals surface area contributed by atoms with E-state index in [1.54, 1.807) is 0 Å². The Morgan fingerprint density at radius 1 is 1.67 bits per heavy atom. The molecule has 0 aliphatic rings. The van der Waals surface area contributed by atoms with E-state index in [9.17, 15) is 0 Å². The SMILES string of the molecule is CNCC[CH2][Al]. The summed E-state index contributed by atoms with van der Waals surface area (Å²) in [6.07, 6.45) is 1.27. The van der Waals surface area contributed by atoms with E-state index in [1.807, 2.05) is 7.05 Å². The number of hydrogen-bond acceptors (Lipinski definition) is 1. The molecule has 2 radical (unpaired) electrons. The van der Waals surface area contributed by atoms with Gasteiger partial charge in [0.1, 0.15) is 16.3 Å². The van der Waals surface area contributed by atoms with Crippen molar-refractivity contribution in [2.75, 3.05) is 13.6 Å². The lowest BCUT2D eigenvalue weighted by molar-refractivity contribution is 0.771. The summed E-state index contributed by atoms with van der Waals surface area (Å²) in [4.78, 5) is 0. The fourth-order valence-electron chi connectivity index (χ4n) is 0.279. The van der Waals surface area contributed by atoms with Gasteiger partial charge in [-0.1, -0.05) is 6.42 Å². The molecule has 2 heteroatoms. The number of nitrogens with one attached hydrogen (secondary N) is 1. The summed E-state index contributed by atoms with van der Waals surface area (Å²) >= 11 is 2.69. The Kier molecular flexibility index (Phi) is 5.94. The molecule has 0 unspecified atom stereocenters. The lowest BCUT2D eigenvalue weighted by Crippen LogP contribution is -2.06. The Hall–Kier alpha value is 0.492. The third-order valence-electron chi connectivity index (χ3n) is 0.631. The van der Waals surface area contributed by atoms with Crippen LogP contribution in [0.3, 0.4) is 0 Å². The molecule has 0 atom stereocenters. The molecule has 1 nitrogen and oxygen atoms in total. The van der Waals surface area contributed by atoms with E-state index in [4.69, 9.17) is 0 Å². The number of rotatable bonds is 3. The quantitative estimate of drug-likeness (QED) is 0.393. The standard InChI is InChI=1S/C4H10N.Al/c1-3-4-5-2;/h5H,1,3-4H2,2H3;. The lowest BCUT2D eigenvalue weighted by Gasteiger charge is -1.90. The molecule has 6 heavy (non-hydrogen) atoms. The van der Waals surface area contributed by atoms with Crippen LogP contribution in [-0.2, 0) is 0 Å². The summed E-state index contributed by atoms with van der Waals surface area (Å²) in [6.45, 7) is 1.14. The predicted molar refractivity (Wildman–Crippen MR) is 29.1 cm³/mol. The van der Waals surface area contributed by atoms with Crippen LogP contribution in [0.5, 0.6) is 0 Å². The summed E-state index contributed by atoms with van der Waals surface area (Å²) in [5, 5.41) is 4.26. The van der Waals surface area contributed by atoms with Crippen molar-refractivity contribution in [1.82, 2.24) is 5.32 Å². The van der Waals surface area contributed by atoms with E-state index < -0.39 is 0 Å². The topological polar surface area (TPSA) is 12.0 Å². The van der Waals surface area contributed by atoms with Crippen LogP contribution in [0.2, 0.25) is 5.28 Å². The van der Waals surface area contributed by atoms with Gasteiger partial charge < -0.3 is 5.32 Å². The molecule has 34 valence electrons. The molecule has 0 aromatic rings. The Bertz CT molecular complexity index is 19.5. The average Bonchev–Trinajstić information content (AvgIpc) is 1.61. The smallest absolute Gasteiger partial charge is 0.118 e. The van der Waals surface area contributed by atoms with Gasteiger partial charge in [0, 0.05) is 0 Å². The first-order valence-corrected chi connectivity index (χ1v) is 3.08. The molecule has 0 fully saturated rings. The zero-order valence-corrected chi connectivity index (χ0v) is 5.35. The maximum absolute atomic E-state index is 3.06. The zero-order valence-electron chi connectivity index (χ0n) is 4.20. The summed E-state index contributed by atoms with van der Waals surface area (Å²) in [5.74, 6) is 0. The van der Waals surface area contributed by atoms with E-state index in [0.29, 0.717) is 0 Å². The van der Waals surface area contributed by atoms with Crippen molar-refractivity contribution in [3.05, 3.63) is 0 Å². The molecule has 0 bridgehead atoms. The minimum Gasteiger partial charge on any atom is -0.320 e. The van der Waals surface area contributed by atoms with Crippen LogP contribution in [0.4, 0.5) is 0 Å². The molecule has 1 N–H and O–H groups in total. The van der Waals surface area contributed by atoms with Crippen molar-refractivity contribution < 1.29 is 0 Å². The fraction of sp³-hybridized carbons (Fsp3) is 1.00. The van der Waals surface area contributed by atoms with Crippen molar-refractivity contribution >= 4 is 16.3 Å². The van der Waals surface area contributed by atoms with E-state index in [0.717, 1.165) is 6.54 Å². The van der Waals surface area contributed by atoms with Crippen LogP contribution in [0.15, 0.2) is 0 Å². The fourth-order valence-corrected chi connectivity index (χ4v) is 0.483. The highest BCUT2D eigenvalue weighted by molar-refractivity contribution is 6.08. The van der Waals surface area contributed by atoms with Crippen LogP contribution in [0.1, 0.15) is 6.42 Å². The predicted octanol–water partition coefficient (Wildman–Crippen LogP) is 0.183. The Labute approximate surface area is 47.5 Å². The van der Waals surface area contributed by atoms with E-state index in [-0.39, 0.29) is 0 Å². The molecule has 0 rings (SSSR count). The van der Waals surface area contributed by atoms with Crippen LogP contribution in [-0.4, -0.2) is 29.9 Å². The highest BCUT2D eigenvalue weighted by Crippen LogP contribution is 1.76. The molecule has 0 aliphatic carbocycles. The van der Waals surface area contributed by atoms with Crippen molar-refractivity contribution in [2.24, 2.45) is 0 Å². The van der Waals surface area contributed by atoms with Gasteiger partial charge in [-0.2, -0.15) is 0 Å². The minimum absolute atomic E-state index is 1.14. The van der Waals surface area contributed by atoms with Gasteiger partial charge in [-0.05, 0) is 13.6 Å². The van der Waals surface area contributed by atoms with Gasteiger partial charge >= 0.3 is 0 Å². The van der Waals surface area contributed by atoms with Crippen molar-refractivity contribution in [2.45, 2.75) is 11.7 Å². The average molecular weight is 99.1 g/mol. The summed E-state index contributed by atoms with van der Waals surface area (Å²) in [7, 11) is 1.97. The van der Waals surface area contributed by atoms with Crippen molar-refractivity contribution in [3.63, 3.8) is 0 Å². The van der Waals surface area contributed by atoms with E-state index in [1.165, 1.54) is 11.7 Å². The summed E-state index contributed by atoms with van der Waals surface area (Å²) in [5.41, 5.74) is 0. The first-order valence-electron chi connectivity index (χ1n) is 2.26. The Balaban J connectivity index is 2.34. The molecule has 0 aliphatic heterocycles. The number of hydrogen-bond donors (Lipinski definition) is 1. The van der Waals surface area contributed by atoms with Gasteiger partial charge in [0.05, 0.1) is 0 Å². The zero-order chi connectivity index (χ0) is 4.83. The molecule has 0 saturated heterocycles. The maximum Gasteiger partial charge on any atom is 0.118 e. The van der Waals surface area contributed by atoms with Gasteiger partial charge in [-0.3, -0.25) is 0 Å². The van der Waals surface area contributed by atoms with Crippen molar-refractivity contribution in [3.8, 4) is 0 Å². The monoisotopic (exact) mass is 99.1 g/mol. The molecule has 0 spiro atoms. The summed E-state index contributed by atoms with van der Waals surface area (Å²) < 4.78 is 0. The second-order valence-electron chi connectivity index (χ2n) is 1.25. The first-order chi connectivity index (χ1) is 2.91. The molecule has 0 amide bonds. The van der Waals surface area contributed by atoms with Gasteiger partial charge in [0.25, 0.3) is 0 Å². The molecule has 0 saturated carbocycles. The summed E-state index contributed by atoms with van der Waals surface area (Å²) in [6, 6.07) is 0. The third kappa shape index (κ3) is 4.49. The van der Waals surface area contributed by atoms with Gasteiger partial charge in [-0.15, -0.1) is 5.28 Å². The first kappa shape index (κ1) is 6.49.